The van der Waals surface area contributed by atoms with Crippen LogP contribution >= 0.6 is 0 Å². The van der Waals surface area contributed by atoms with Crippen molar-refractivity contribution in [3.8, 4) is 0 Å². The van der Waals surface area contributed by atoms with Gasteiger partial charge >= 0.3 is 0 Å². The zero-order valence-electron chi connectivity index (χ0n) is 19.9. The number of hydrogen-bond acceptors (Lipinski definition) is 4. The van der Waals surface area contributed by atoms with Gasteiger partial charge in [-0.3, -0.25) is 18.6 Å². The summed E-state index contributed by atoms with van der Waals surface area (Å²) < 4.78 is 3.59. The van der Waals surface area contributed by atoms with Crippen molar-refractivity contribution in [1.29, 1.82) is 0 Å². The molecule has 0 fully saturated rings. The molecule has 0 unspecified atom stereocenters. The van der Waals surface area contributed by atoms with E-state index in [1.54, 1.807) is 4.57 Å². The van der Waals surface area contributed by atoms with Crippen molar-refractivity contribution in [3.05, 3.63) is 106 Å². The second-order valence-corrected chi connectivity index (χ2v) is 8.89. The predicted octanol–water partition coefficient (Wildman–Crippen LogP) is 4.48. The minimum Gasteiger partial charge on any atom is -0.326 e. The van der Waals surface area contributed by atoms with Crippen molar-refractivity contribution in [3.63, 3.8) is 0 Å². The summed E-state index contributed by atoms with van der Waals surface area (Å²) in [5.74, 6) is 1.06. The summed E-state index contributed by atoms with van der Waals surface area (Å²) in [6, 6.07) is 23.5. The highest BCUT2D eigenvalue weighted by Gasteiger charge is 2.17. The molecule has 0 saturated heterocycles. The van der Waals surface area contributed by atoms with Crippen molar-refractivity contribution in [1.82, 2.24) is 19.2 Å². The number of aryl methyl sites for hydroxylation is 5. The number of nitrogens with one attached hydrogen (secondary N) is 1. The summed E-state index contributed by atoms with van der Waals surface area (Å²) in [6.07, 6.45) is 1.36. The van der Waals surface area contributed by atoms with Gasteiger partial charge in [0.1, 0.15) is 5.82 Å². The third kappa shape index (κ3) is 4.71. The monoisotopic (exact) mass is 465 g/mol. The second-order valence-electron chi connectivity index (χ2n) is 8.89. The van der Waals surface area contributed by atoms with Crippen molar-refractivity contribution in [2.75, 3.05) is 5.32 Å². The van der Waals surface area contributed by atoms with Crippen molar-refractivity contribution >= 4 is 28.3 Å². The van der Waals surface area contributed by atoms with E-state index in [0.717, 1.165) is 27.9 Å². The van der Waals surface area contributed by atoms with E-state index in [-0.39, 0.29) is 17.9 Å². The Morgan fingerprint density at radius 2 is 1.60 bits per heavy atom. The van der Waals surface area contributed by atoms with Gasteiger partial charge in [-0.15, -0.1) is 10.2 Å². The normalized spacial score (nSPS) is 11.3. The fourth-order valence-electron chi connectivity index (χ4n) is 4.56. The zero-order chi connectivity index (χ0) is 24.4. The molecule has 0 radical (unpaired) electrons. The summed E-state index contributed by atoms with van der Waals surface area (Å²) in [7, 11) is 0. The SMILES string of the molecule is Cc1cc(C)cc(NC(=O)CCc2nnc3n(CCc4ccccc4)c(=O)c4ccccc4n23)c1. The molecule has 0 spiro atoms. The van der Waals surface area contributed by atoms with Crippen LogP contribution in [0.15, 0.2) is 77.6 Å². The molecule has 7 heteroatoms. The lowest BCUT2D eigenvalue weighted by atomic mass is 10.1. The van der Waals surface area contributed by atoms with E-state index < -0.39 is 0 Å². The van der Waals surface area contributed by atoms with Crippen molar-refractivity contribution in [2.45, 2.75) is 39.7 Å². The molecule has 0 aliphatic carbocycles. The highest BCUT2D eigenvalue weighted by Crippen LogP contribution is 2.17. The van der Waals surface area contributed by atoms with Crippen LogP contribution in [-0.2, 0) is 24.2 Å². The van der Waals surface area contributed by atoms with Gasteiger partial charge in [-0.25, -0.2) is 0 Å². The fourth-order valence-corrected chi connectivity index (χ4v) is 4.56. The van der Waals surface area contributed by atoms with E-state index in [1.807, 2.05) is 85.0 Å². The standard InChI is InChI=1S/C28H27N5O2/c1-19-16-20(2)18-22(17-19)29-26(34)13-12-25-30-31-28-32(15-14-21-8-4-3-5-9-21)27(35)23-10-6-7-11-24(23)33(25)28/h3-11,16-18H,12-15H2,1-2H3,(H,29,34). The number of hydrogen-bond donors (Lipinski definition) is 1. The highest BCUT2D eigenvalue weighted by atomic mass is 16.1. The molecule has 0 aliphatic heterocycles. The molecule has 1 amide bonds. The van der Waals surface area contributed by atoms with E-state index in [1.165, 1.54) is 0 Å². The summed E-state index contributed by atoms with van der Waals surface area (Å²) in [5, 5.41) is 12.3. The van der Waals surface area contributed by atoms with Crippen LogP contribution < -0.4 is 10.9 Å². The Labute approximate surface area is 203 Å². The van der Waals surface area contributed by atoms with Gasteiger partial charge in [-0.05, 0) is 61.2 Å². The highest BCUT2D eigenvalue weighted by molar-refractivity contribution is 5.91. The smallest absolute Gasteiger partial charge is 0.262 e. The topological polar surface area (TPSA) is 81.3 Å². The van der Waals surface area contributed by atoms with Crippen molar-refractivity contribution in [2.24, 2.45) is 0 Å². The molecular formula is C28H27N5O2. The van der Waals surface area contributed by atoms with Gasteiger partial charge in [-0.2, -0.15) is 0 Å². The van der Waals surface area contributed by atoms with Gasteiger partial charge in [0.2, 0.25) is 11.7 Å². The van der Waals surface area contributed by atoms with Crippen LogP contribution in [0.5, 0.6) is 0 Å². The first-order chi connectivity index (χ1) is 17.0. The van der Waals surface area contributed by atoms with E-state index >= 15 is 0 Å². The summed E-state index contributed by atoms with van der Waals surface area (Å²) >= 11 is 0. The van der Waals surface area contributed by atoms with Crippen LogP contribution in [0.4, 0.5) is 5.69 Å². The molecule has 0 bridgehead atoms. The number of nitrogens with zero attached hydrogens (tertiary/aromatic N) is 4. The van der Waals surface area contributed by atoms with Crippen molar-refractivity contribution < 1.29 is 4.79 Å². The molecule has 1 N–H and O–H groups in total. The number of fused-ring (bicyclic) bond motifs is 3. The first-order valence-electron chi connectivity index (χ1n) is 11.8. The molecular weight excluding hydrogens is 438 g/mol. The minimum absolute atomic E-state index is 0.0875. The summed E-state index contributed by atoms with van der Waals surface area (Å²) in [6.45, 7) is 4.50. The number of carbonyl (C=O) groups excluding carboxylic acids is 1. The molecule has 7 nitrogen and oxygen atoms in total. The number of aromatic nitrogens is 4. The van der Waals surface area contributed by atoms with E-state index in [9.17, 15) is 9.59 Å². The Balaban J connectivity index is 1.45. The van der Waals surface area contributed by atoms with E-state index in [0.29, 0.717) is 36.4 Å². The predicted molar refractivity (Wildman–Crippen MR) is 138 cm³/mol. The zero-order valence-corrected chi connectivity index (χ0v) is 19.9. The first-order valence-corrected chi connectivity index (χ1v) is 11.8. The Morgan fingerprint density at radius 3 is 2.37 bits per heavy atom. The van der Waals surface area contributed by atoms with Gasteiger partial charge < -0.3 is 5.32 Å². The number of benzene rings is 3. The molecule has 176 valence electrons. The first kappa shape index (κ1) is 22.5. The molecule has 0 aliphatic rings. The maximum Gasteiger partial charge on any atom is 0.262 e. The van der Waals surface area contributed by atoms with Gasteiger partial charge in [0.25, 0.3) is 5.56 Å². The number of carbonyl (C=O) groups is 1. The lowest BCUT2D eigenvalue weighted by Gasteiger charge is -2.12. The van der Waals surface area contributed by atoms with Crippen LogP contribution in [0.3, 0.4) is 0 Å². The lowest BCUT2D eigenvalue weighted by molar-refractivity contribution is -0.116. The second kappa shape index (κ2) is 9.54. The molecule has 35 heavy (non-hydrogen) atoms. The number of anilines is 1. The fraction of sp³-hybridized carbons (Fsp3) is 0.214. The summed E-state index contributed by atoms with van der Waals surface area (Å²) in [5.41, 5.74) is 4.80. The largest absolute Gasteiger partial charge is 0.326 e. The van der Waals surface area contributed by atoms with E-state index in [4.69, 9.17) is 0 Å². The van der Waals surface area contributed by atoms with Crippen LogP contribution in [0.2, 0.25) is 0 Å². The molecule has 2 aromatic heterocycles. The quantitative estimate of drug-likeness (QED) is 0.384. The average Bonchev–Trinajstić information content (AvgIpc) is 3.27. The van der Waals surface area contributed by atoms with Crippen LogP contribution in [-0.4, -0.2) is 25.1 Å². The Morgan fingerprint density at radius 1 is 0.886 bits per heavy atom. The van der Waals surface area contributed by atoms with Gasteiger partial charge in [0.15, 0.2) is 0 Å². The molecule has 5 rings (SSSR count). The number of para-hydroxylation sites is 1. The van der Waals surface area contributed by atoms with Crippen LogP contribution in [0.25, 0.3) is 16.7 Å². The number of rotatable bonds is 7. The van der Waals surface area contributed by atoms with E-state index in [2.05, 4.69) is 21.6 Å². The molecule has 5 aromatic rings. The molecule has 3 aromatic carbocycles. The molecule has 0 atom stereocenters. The summed E-state index contributed by atoms with van der Waals surface area (Å²) in [4.78, 5) is 26.0. The Hall–Kier alpha value is -4.26. The van der Waals surface area contributed by atoms with Crippen LogP contribution in [0.1, 0.15) is 28.9 Å². The molecule has 2 heterocycles. The third-order valence-corrected chi connectivity index (χ3v) is 6.12. The van der Waals surface area contributed by atoms with Gasteiger partial charge in [0.05, 0.1) is 10.9 Å². The Kier molecular flexibility index (Phi) is 6.14. The maximum absolute atomic E-state index is 13.3. The van der Waals surface area contributed by atoms with Gasteiger partial charge in [0, 0.05) is 25.1 Å². The Bertz CT molecular complexity index is 1560. The van der Waals surface area contributed by atoms with Gasteiger partial charge in [-0.1, -0.05) is 48.5 Å². The molecule has 0 saturated carbocycles. The van der Waals surface area contributed by atoms with Crippen LogP contribution in [0, 0.1) is 13.8 Å². The third-order valence-electron chi connectivity index (χ3n) is 6.12. The number of amides is 1. The average molecular weight is 466 g/mol. The maximum atomic E-state index is 13.3. The minimum atomic E-state index is -0.0894. The lowest BCUT2D eigenvalue weighted by Crippen LogP contribution is -2.24.